The number of nitrogens with two attached hydrogens (primary N) is 1. The number of hydrogen-bond acceptors (Lipinski definition) is 4. The molecule has 1 saturated heterocycles. The SMILES string of the molecule is NCCNC(=O)C1CCCN(Cc2occc2Br)C1. The number of hydrogen-bond donors (Lipinski definition) is 2. The van der Waals surface area contributed by atoms with Gasteiger partial charge < -0.3 is 15.5 Å². The highest BCUT2D eigenvalue weighted by molar-refractivity contribution is 9.10. The summed E-state index contributed by atoms with van der Waals surface area (Å²) in [6, 6.07) is 1.89. The van der Waals surface area contributed by atoms with Gasteiger partial charge >= 0.3 is 0 Å². The number of halogens is 1. The minimum absolute atomic E-state index is 0.0639. The van der Waals surface area contributed by atoms with Crippen LogP contribution in [-0.4, -0.2) is 37.0 Å². The van der Waals surface area contributed by atoms with E-state index < -0.39 is 0 Å². The average Bonchev–Trinajstić information content (AvgIpc) is 2.82. The molecular formula is C13H20BrN3O2. The topological polar surface area (TPSA) is 71.5 Å². The second-order valence-electron chi connectivity index (χ2n) is 4.85. The number of carbonyl (C=O) groups is 1. The maximum Gasteiger partial charge on any atom is 0.224 e. The predicted molar refractivity (Wildman–Crippen MR) is 76.5 cm³/mol. The van der Waals surface area contributed by atoms with Gasteiger partial charge in [-0.05, 0) is 41.4 Å². The second kappa shape index (κ2) is 7.07. The Morgan fingerprint density at radius 3 is 3.16 bits per heavy atom. The Morgan fingerprint density at radius 2 is 2.47 bits per heavy atom. The summed E-state index contributed by atoms with van der Waals surface area (Å²) in [5, 5.41) is 2.87. The Kier molecular flexibility index (Phi) is 5.42. The van der Waals surface area contributed by atoms with Gasteiger partial charge in [-0.15, -0.1) is 0 Å². The molecule has 6 heteroatoms. The van der Waals surface area contributed by atoms with Crippen molar-refractivity contribution < 1.29 is 9.21 Å². The van der Waals surface area contributed by atoms with Gasteiger partial charge in [0.1, 0.15) is 5.76 Å². The Morgan fingerprint density at radius 1 is 1.63 bits per heavy atom. The van der Waals surface area contributed by atoms with Crippen LogP contribution in [0.1, 0.15) is 18.6 Å². The van der Waals surface area contributed by atoms with E-state index in [1.807, 2.05) is 6.07 Å². The molecule has 1 aromatic heterocycles. The Balaban J connectivity index is 1.86. The second-order valence-corrected chi connectivity index (χ2v) is 5.70. The summed E-state index contributed by atoms with van der Waals surface area (Å²) >= 11 is 3.46. The van der Waals surface area contributed by atoms with Crippen LogP contribution in [0.3, 0.4) is 0 Å². The third-order valence-corrected chi connectivity index (χ3v) is 4.08. The summed E-state index contributed by atoms with van der Waals surface area (Å²) in [6.07, 6.45) is 3.67. The molecule has 0 radical (unpaired) electrons. The lowest BCUT2D eigenvalue weighted by Gasteiger charge is -2.31. The first-order valence-electron chi connectivity index (χ1n) is 6.62. The molecule has 1 fully saturated rings. The zero-order chi connectivity index (χ0) is 13.7. The first-order chi connectivity index (χ1) is 9.20. The van der Waals surface area contributed by atoms with Crippen LogP contribution in [0, 0.1) is 5.92 Å². The molecule has 1 aliphatic heterocycles. The molecule has 1 aliphatic rings. The van der Waals surface area contributed by atoms with Crippen molar-refractivity contribution in [2.24, 2.45) is 11.7 Å². The minimum Gasteiger partial charge on any atom is -0.467 e. The van der Waals surface area contributed by atoms with E-state index in [0.717, 1.165) is 42.7 Å². The standard InChI is InChI=1S/C13H20BrN3O2/c14-11-3-7-19-12(11)9-17-6-1-2-10(8-17)13(18)16-5-4-15/h3,7,10H,1-2,4-6,8-9,15H2,(H,16,18). The minimum atomic E-state index is 0.0639. The molecule has 1 amide bonds. The maximum atomic E-state index is 11.9. The monoisotopic (exact) mass is 329 g/mol. The van der Waals surface area contributed by atoms with Crippen molar-refractivity contribution in [1.29, 1.82) is 0 Å². The van der Waals surface area contributed by atoms with Crippen LogP contribution in [-0.2, 0) is 11.3 Å². The van der Waals surface area contributed by atoms with E-state index in [2.05, 4.69) is 26.1 Å². The zero-order valence-corrected chi connectivity index (χ0v) is 12.5. The number of nitrogens with one attached hydrogen (secondary N) is 1. The molecule has 1 unspecified atom stereocenters. The first-order valence-corrected chi connectivity index (χ1v) is 7.42. The summed E-state index contributed by atoms with van der Waals surface area (Å²) in [4.78, 5) is 14.2. The van der Waals surface area contributed by atoms with Gasteiger partial charge in [0, 0.05) is 19.6 Å². The molecule has 3 N–H and O–H groups in total. The van der Waals surface area contributed by atoms with Crippen molar-refractivity contribution in [3.63, 3.8) is 0 Å². The molecular weight excluding hydrogens is 310 g/mol. The highest BCUT2D eigenvalue weighted by Crippen LogP contribution is 2.23. The molecule has 2 rings (SSSR count). The van der Waals surface area contributed by atoms with Crippen molar-refractivity contribution in [3.8, 4) is 0 Å². The van der Waals surface area contributed by atoms with Crippen LogP contribution < -0.4 is 11.1 Å². The van der Waals surface area contributed by atoms with Crippen LogP contribution >= 0.6 is 15.9 Å². The summed E-state index contributed by atoms with van der Waals surface area (Å²) in [5.41, 5.74) is 5.40. The van der Waals surface area contributed by atoms with Crippen LogP contribution in [0.4, 0.5) is 0 Å². The van der Waals surface area contributed by atoms with E-state index in [-0.39, 0.29) is 11.8 Å². The fourth-order valence-electron chi connectivity index (χ4n) is 2.39. The first kappa shape index (κ1) is 14.6. The van der Waals surface area contributed by atoms with Gasteiger partial charge in [0.05, 0.1) is 23.2 Å². The Bertz CT molecular complexity index is 422. The molecule has 0 aliphatic carbocycles. The summed E-state index contributed by atoms with van der Waals surface area (Å²) in [6.45, 7) is 3.58. The molecule has 1 atom stereocenters. The molecule has 106 valence electrons. The normalized spacial score (nSPS) is 20.4. The molecule has 2 heterocycles. The van der Waals surface area contributed by atoms with Gasteiger partial charge in [-0.3, -0.25) is 9.69 Å². The summed E-state index contributed by atoms with van der Waals surface area (Å²) in [7, 11) is 0. The molecule has 0 saturated carbocycles. The fourth-order valence-corrected chi connectivity index (χ4v) is 2.72. The number of likely N-dealkylation sites (tertiary alicyclic amines) is 1. The number of rotatable bonds is 5. The highest BCUT2D eigenvalue weighted by Gasteiger charge is 2.26. The third kappa shape index (κ3) is 4.06. The average molecular weight is 330 g/mol. The molecule has 5 nitrogen and oxygen atoms in total. The number of furan rings is 1. The van der Waals surface area contributed by atoms with Crippen LogP contribution in [0.5, 0.6) is 0 Å². The van der Waals surface area contributed by atoms with Crippen LogP contribution in [0.2, 0.25) is 0 Å². The lowest BCUT2D eigenvalue weighted by Crippen LogP contribution is -2.43. The van der Waals surface area contributed by atoms with E-state index >= 15 is 0 Å². The molecule has 0 spiro atoms. The fraction of sp³-hybridized carbons (Fsp3) is 0.615. The lowest BCUT2D eigenvalue weighted by molar-refractivity contribution is -0.126. The van der Waals surface area contributed by atoms with E-state index in [4.69, 9.17) is 10.2 Å². The van der Waals surface area contributed by atoms with Gasteiger partial charge in [0.2, 0.25) is 5.91 Å². The molecule has 1 aromatic rings. The number of carbonyl (C=O) groups excluding carboxylic acids is 1. The van der Waals surface area contributed by atoms with Crippen molar-refractivity contribution in [3.05, 3.63) is 22.6 Å². The Hall–Kier alpha value is -0.850. The van der Waals surface area contributed by atoms with E-state index in [1.165, 1.54) is 0 Å². The maximum absolute atomic E-state index is 11.9. The number of piperidine rings is 1. The van der Waals surface area contributed by atoms with Gasteiger partial charge in [0.25, 0.3) is 0 Å². The quantitative estimate of drug-likeness (QED) is 0.854. The summed E-state index contributed by atoms with van der Waals surface area (Å²) in [5.74, 6) is 1.10. The van der Waals surface area contributed by atoms with E-state index in [0.29, 0.717) is 13.1 Å². The van der Waals surface area contributed by atoms with Crippen molar-refractivity contribution in [1.82, 2.24) is 10.2 Å². The predicted octanol–water partition coefficient (Wildman–Crippen LogP) is 1.33. The van der Waals surface area contributed by atoms with Gasteiger partial charge in [0.15, 0.2) is 0 Å². The Labute approximate surface area is 121 Å². The smallest absolute Gasteiger partial charge is 0.224 e. The molecule has 0 bridgehead atoms. The van der Waals surface area contributed by atoms with Gasteiger partial charge in [-0.1, -0.05) is 0 Å². The third-order valence-electron chi connectivity index (χ3n) is 3.38. The van der Waals surface area contributed by atoms with E-state index in [9.17, 15) is 4.79 Å². The van der Waals surface area contributed by atoms with Gasteiger partial charge in [-0.25, -0.2) is 0 Å². The lowest BCUT2D eigenvalue weighted by atomic mass is 9.97. The van der Waals surface area contributed by atoms with Crippen molar-refractivity contribution >= 4 is 21.8 Å². The number of amides is 1. The molecule has 19 heavy (non-hydrogen) atoms. The van der Waals surface area contributed by atoms with Gasteiger partial charge in [-0.2, -0.15) is 0 Å². The molecule has 0 aromatic carbocycles. The number of nitrogens with zero attached hydrogens (tertiary/aromatic N) is 1. The van der Waals surface area contributed by atoms with Crippen LogP contribution in [0.15, 0.2) is 21.2 Å². The van der Waals surface area contributed by atoms with Crippen LogP contribution in [0.25, 0.3) is 0 Å². The van der Waals surface area contributed by atoms with E-state index in [1.54, 1.807) is 6.26 Å². The highest BCUT2D eigenvalue weighted by atomic mass is 79.9. The summed E-state index contributed by atoms with van der Waals surface area (Å²) < 4.78 is 6.41. The largest absolute Gasteiger partial charge is 0.467 e. The van der Waals surface area contributed by atoms with Crippen molar-refractivity contribution in [2.45, 2.75) is 19.4 Å². The van der Waals surface area contributed by atoms with Crippen molar-refractivity contribution in [2.75, 3.05) is 26.2 Å². The zero-order valence-electron chi connectivity index (χ0n) is 10.9.